The third-order valence-electron chi connectivity index (χ3n) is 3.69. The standard InChI is InChI=1S/C15H17N5O3/c1-19-12-11(13(21)20(2)15(19)22)17-14(18-12)16-8-9-5-4-6-10(7-9)23-3/h4-7H,8H2,1-3H3,(H2,16,17,18). The largest absolute Gasteiger partial charge is 0.497 e. The third-order valence-corrected chi connectivity index (χ3v) is 3.69. The van der Waals surface area contributed by atoms with Crippen LogP contribution in [0.15, 0.2) is 33.9 Å². The molecule has 0 saturated heterocycles. The fourth-order valence-electron chi connectivity index (χ4n) is 2.38. The lowest BCUT2D eigenvalue weighted by Crippen LogP contribution is -2.36. The molecule has 8 nitrogen and oxygen atoms in total. The van der Waals surface area contributed by atoms with Gasteiger partial charge in [0.15, 0.2) is 11.2 Å². The summed E-state index contributed by atoms with van der Waals surface area (Å²) in [6.45, 7) is 0.505. The Morgan fingerprint density at radius 1 is 1.26 bits per heavy atom. The molecule has 120 valence electrons. The van der Waals surface area contributed by atoms with Crippen LogP contribution in [0.5, 0.6) is 5.75 Å². The number of hydrogen-bond acceptors (Lipinski definition) is 5. The van der Waals surface area contributed by atoms with Gasteiger partial charge in [-0.05, 0) is 17.7 Å². The third kappa shape index (κ3) is 2.59. The molecule has 2 heterocycles. The van der Waals surface area contributed by atoms with E-state index in [2.05, 4.69) is 15.3 Å². The summed E-state index contributed by atoms with van der Waals surface area (Å²) in [4.78, 5) is 31.2. The van der Waals surface area contributed by atoms with Gasteiger partial charge in [-0.2, -0.15) is 4.98 Å². The molecule has 0 fully saturated rings. The van der Waals surface area contributed by atoms with Crippen LogP contribution in [0, 0.1) is 0 Å². The van der Waals surface area contributed by atoms with Gasteiger partial charge in [-0.3, -0.25) is 13.9 Å². The minimum absolute atomic E-state index is 0.294. The summed E-state index contributed by atoms with van der Waals surface area (Å²) in [5.41, 5.74) is 0.818. The highest BCUT2D eigenvalue weighted by Crippen LogP contribution is 2.14. The van der Waals surface area contributed by atoms with Crippen molar-refractivity contribution in [3.05, 3.63) is 50.7 Å². The Hall–Kier alpha value is -3.03. The molecule has 0 unspecified atom stereocenters. The average molecular weight is 315 g/mol. The van der Waals surface area contributed by atoms with E-state index in [1.165, 1.54) is 11.6 Å². The molecule has 0 amide bonds. The van der Waals surface area contributed by atoms with Crippen molar-refractivity contribution in [1.82, 2.24) is 19.1 Å². The molecule has 3 rings (SSSR count). The van der Waals surface area contributed by atoms with Crippen LogP contribution in [0.1, 0.15) is 5.56 Å². The number of rotatable bonds is 4. The molecule has 8 heteroatoms. The first kappa shape index (κ1) is 14.9. The van der Waals surface area contributed by atoms with Crippen molar-refractivity contribution < 1.29 is 4.74 Å². The maximum Gasteiger partial charge on any atom is 0.332 e. The second-order valence-electron chi connectivity index (χ2n) is 5.19. The van der Waals surface area contributed by atoms with E-state index in [0.29, 0.717) is 23.7 Å². The van der Waals surface area contributed by atoms with Gasteiger partial charge < -0.3 is 15.0 Å². The molecule has 0 spiro atoms. The summed E-state index contributed by atoms with van der Waals surface area (Å²) in [6.07, 6.45) is 0. The van der Waals surface area contributed by atoms with E-state index in [0.717, 1.165) is 15.9 Å². The Morgan fingerprint density at radius 3 is 2.78 bits per heavy atom. The van der Waals surface area contributed by atoms with Gasteiger partial charge in [-0.15, -0.1) is 0 Å². The van der Waals surface area contributed by atoms with Crippen LogP contribution in [0.3, 0.4) is 0 Å². The summed E-state index contributed by atoms with van der Waals surface area (Å²) in [6, 6.07) is 7.62. The molecular formula is C15H17N5O3. The molecule has 0 atom stereocenters. The minimum Gasteiger partial charge on any atom is -0.497 e. The molecule has 2 N–H and O–H groups in total. The van der Waals surface area contributed by atoms with Crippen LogP contribution in [0.4, 0.5) is 5.95 Å². The molecule has 0 aliphatic rings. The number of fused-ring (bicyclic) bond motifs is 1. The number of imidazole rings is 1. The lowest BCUT2D eigenvalue weighted by molar-refractivity contribution is 0.414. The van der Waals surface area contributed by atoms with Gasteiger partial charge in [-0.1, -0.05) is 12.1 Å². The molecule has 0 aliphatic heterocycles. The zero-order valence-corrected chi connectivity index (χ0v) is 13.1. The number of aromatic amines is 1. The first-order valence-corrected chi connectivity index (χ1v) is 7.04. The number of hydrogen-bond donors (Lipinski definition) is 2. The van der Waals surface area contributed by atoms with Crippen LogP contribution >= 0.6 is 0 Å². The smallest absolute Gasteiger partial charge is 0.332 e. The summed E-state index contributed by atoms with van der Waals surface area (Å²) in [5, 5.41) is 3.11. The van der Waals surface area contributed by atoms with E-state index in [-0.39, 0.29) is 0 Å². The first-order chi connectivity index (χ1) is 11.0. The molecule has 0 saturated carbocycles. The predicted molar refractivity (Wildman–Crippen MR) is 86.9 cm³/mol. The Balaban J connectivity index is 1.92. The first-order valence-electron chi connectivity index (χ1n) is 7.04. The minimum atomic E-state index is -0.409. The van der Waals surface area contributed by atoms with Crippen molar-refractivity contribution in [2.45, 2.75) is 6.54 Å². The van der Waals surface area contributed by atoms with Gasteiger partial charge >= 0.3 is 5.69 Å². The van der Waals surface area contributed by atoms with Crippen molar-refractivity contribution >= 4 is 17.1 Å². The van der Waals surface area contributed by atoms with Gasteiger partial charge in [0.05, 0.1) is 7.11 Å². The van der Waals surface area contributed by atoms with E-state index >= 15 is 0 Å². The second kappa shape index (κ2) is 5.64. The van der Waals surface area contributed by atoms with E-state index < -0.39 is 11.2 Å². The summed E-state index contributed by atoms with van der Waals surface area (Å²) < 4.78 is 7.56. The molecular weight excluding hydrogens is 298 g/mol. The number of nitrogens with one attached hydrogen (secondary N) is 2. The maximum atomic E-state index is 12.1. The van der Waals surface area contributed by atoms with Crippen LogP contribution in [0.2, 0.25) is 0 Å². The van der Waals surface area contributed by atoms with Crippen molar-refractivity contribution in [2.75, 3.05) is 12.4 Å². The highest BCUT2D eigenvalue weighted by Gasteiger charge is 2.13. The predicted octanol–water partition coefficient (Wildman–Crippen LogP) is 0.581. The molecule has 3 aromatic rings. The van der Waals surface area contributed by atoms with Gasteiger partial charge in [0.1, 0.15) is 5.75 Å². The average Bonchev–Trinajstić information content (AvgIpc) is 3.01. The Kier molecular flexibility index (Phi) is 3.65. The molecule has 2 aromatic heterocycles. The lowest BCUT2D eigenvalue weighted by atomic mass is 10.2. The molecule has 0 radical (unpaired) electrons. The van der Waals surface area contributed by atoms with Gasteiger partial charge in [-0.25, -0.2) is 4.79 Å². The number of anilines is 1. The maximum absolute atomic E-state index is 12.1. The lowest BCUT2D eigenvalue weighted by Gasteiger charge is -2.05. The number of methoxy groups -OCH3 is 1. The van der Waals surface area contributed by atoms with E-state index in [9.17, 15) is 9.59 Å². The topological polar surface area (TPSA) is 93.9 Å². The summed E-state index contributed by atoms with van der Waals surface area (Å²) >= 11 is 0. The number of nitrogens with zero attached hydrogens (tertiary/aromatic N) is 3. The normalized spacial score (nSPS) is 10.9. The SMILES string of the molecule is COc1cccc(CNc2nc3c([nH]2)c(=O)n(C)c(=O)n3C)c1. The molecule has 0 aliphatic carbocycles. The highest BCUT2D eigenvalue weighted by molar-refractivity contribution is 5.72. The summed E-state index contributed by atoms with van der Waals surface area (Å²) in [5.74, 6) is 1.20. The molecule has 0 bridgehead atoms. The fourth-order valence-corrected chi connectivity index (χ4v) is 2.38. The summed E-state index contributed by atoms with van der Waals surface area (Å²) in [7, 11) is 4.63. The van der Waals surface area contributed by atoms with Gasteiger partial charge in [0.25, 0.3) is 5.56 Å². The molecule has 23 heavy (non-hydrogen) atoms. The van der Waals surface area contributed by atoms with Crippen molar-refractivity contribution in [3.63, 3.8) is 0 Å². The second-order valence-corrected chi connectivity index (χ2v) is 5.19. The Labute approximate surface area is 131 Å². The fraction of sp³-hybridized carbons (Fsp3) is 0.267. The van der Waals surface area contributed by atoms with Crippen LogP contribution in [-0.2, 0) is 20.6 Å². The van der Waals surface area contributed by atoms with E-state index in [4.69, 9.17) is 4.74 Å². The van der Waals surface area contributed by atoms with Crippen LogP contribution in [0.25, 0.3) is 11.2 Å². The van der Waals surface area contributed by atoms with Crippen molar-refractivity contribution in [1.29, 1.82) is 0 Å². The van der Waals surface area contributed by atoms with E-state index in [1.807, 2.05) is 24.3 Å². The van der Waals surface area contributed by atoms with Crippen molar-refractivity contribution in [2.24, 2.45) is 14.1 Å². The van der Waals surface area contributed by atoms with Crippen LogP contribution < -0.4 is 21.3 Å². The highest BCUT2D eigenvalue weighted by atomic mass is 16.5. The van der Waals surface area contributed by atoms with E-state index in [1.54, 1.807) is 14.2 Å². The zero-order valence-electron chi connectivity index (χ0n) is 13.1. The Bertz CT molecular complexity index is 983. The monoisotopic (exact) mass is 315 g/mol. The number of aromatic nitrogens is 4. The quantitative estimate of drug-likeness (QED) is 0.734. The number of ether oxygens (including phenoxy) is 1. The zero-order chi connectivity index (χ0) is 16.6. The van der Waals surface area contributed by atoms with Gasteiger partial charge in [0, 0.05) is 20.6 Å². The molecule has 1 aromatic carbocycles. The number of benzene rings is 1. The number of H-pyrrole nitrogens is 1. The Morgan fingerprint density at radius 2 is 2.04 bits per heavy atom. The van der Waals surface area contributed by atoms with Crippen molar-refractivity contribution in [3.8, 4) is 5.75 Å². The van der Waals surface area contributed by atoms with Gasteiger partial charge in [0.2, 0.25) is 5.95 Å². The van der Waals surface area contributed by atoms with Crippen LogP contribution in [-0.4, -0.2) is 26.2 Å². The number of aryl methyl sites for hydroxylation is 1.